The molecule has 0 fully saturated rings. The lowest BCUT2D eigenvalue weighted by atomic mass is 10.1. The predicted octanol–water partition coefficient (Wildman–Crippen LogP) is 1.73. The van der Waals surface area contributed by atoms with Gasteiger partial charge in [-0.25, -0.2) is 0 Å². The fourth-order valence-electron chi connectivity index (χ4n) is 1.51. The van der Waals surface area contributed by atoms with Gasteiger partial charge in [-0.3, -0.25) is 0 Å². The van der Waals surface area contributed by atoms with Gasteiger partial charge in [0, 0.05) is 11.9 Å². The van der Waals surface area contributed by atoms with Gasteiger partial charge in [0.25, 0.3) is 0 Å². The van der Waals surface area contributed by atoms with Crippen molar-refractivity contribution in [1.29, 1.82) is 0 Å². The van der Waals surface area contributed by atoms with Crippen LogP contribution in [0.25, 0.3) is 11.0 Å². The van der Waals surface area contributed by atoms with Crippen molar-refractivity contribution < 1.29 is 9.52 Å². The molecular weight excluding hydrogens is 178 g/mol. The maximum atomic E-state index is 9.50. The van der Waals surface area contributed by atoms with Crippen LogP contribution in [0.2, 0.25) is 0 Å². The second-order valence-corrected chi connectivity index (χ2v) is 3.39. The molecule has 3 nitrogen and oxygen atoms in total. The standard InChI is InChI=1S/C11H13NO2/c1-7-3-2-4-8-5-10(9(13)6-12)14-11(7)8/h2-5,9,13H,6,12H2,1H3. The molecule has 0 amide bonds. The van der Waals surface area contributed by atoms with Crippen LogP contribution in [0.4, 0.5) is 0 Å². The maximum absolute atomic E-state index is 9.50. The molecule has 1 aromatic heterocycles. The molecule has 0 bridgehead atoms. The van der Waals surface area contributed by atoms with Crippen LogP contribution in [0.15, 0.2) is 28.7 Å². The third kappa shape index (κ3) is 1.41. The van der Waals surface area contributed by atoms with Crippen molar-refractivity contribution in [1.82, 2.24) is 0 Å². The van der Waals surface area contributed by atoms with Crippen molar-refractivity contribution in [2.45, 2.75) is 13.0 Å². The van der Waals surface area contributed by atoms with Crippen LogP contribution in [0.3, 0.4) is 0 Å². The Morgan fingerprint density at radius 1 is 1.50 bits per heavy atom. The van der Waals surface area contributed by atoms with Crippen molar-refractivity contribution in [3.05, 3.63) is 35.6 Å². The average Bonchev–Trinajstić information content (AvgIpc) is 2.62. The number of furan rings is 1. The SMILES string of the molecule is Cc1cccc2cc(C(O)CN)oc12. The van der Waals surface area contributed by atoms with Gasteiger partial charge in [0.2, 0.25) is 0 Å². The normalized spacial score (nSPS) is 13.4. The van der Waals surface area contributed by atoms with Gasteiger partial charge in [0.05, 0.1) is 0 Å². The molecule has 1 atom stereocenters. The molecule has 1 aromatic carbocycles. The Morgan fingerprint density at radius 3 is 2.93 bits per heavy atom. The molecule has 0 aliphatic rings. The molecule has 2 aromatic rings. The minimum absolute atomic E-state index is 0.179. The number of benzene rings is 1. The Bertz CT molecular complexity index is 447. The summed E-state index contributed by atoms with van der Waals surface area (Å²) in [4.78, 5) is 0. The number of aryl methyl sites for hydroxylation is 1. The molecule has 0 saturated carbocycles. The van der Waals surface area contributed by atoms with Crippen LogP contribution >= 0.6 is 0 Å². The first-order valence-corrected chi connectivity index (χ1v) is 4.59. The highest BCUT2D eigenvalue weighted by Gasteiger charge is 2.11. The molecular formula is C11H13NO2. The molecule has 3 N–H and O–H groups in total. The van der Waals surface area contributed by atoms with E-state index in [0.717, 1.165) is 16.5 Å². The smallest absolute Gasteiger partial charge is 0.137 e. The Morgan fingerprint density at radius 2 is 2.29 bits per heavy atom. The zero-order valence-electron chi connectivity index (χ0n) is 8.03. The number of fused-ring (bicyclic) bond motifs is 1. The minimum atomic E-state index is -0.707. The first-order chi connectivity index (χ1) is 6.72. The van der Waals surface area contributed by atoms with E-state index in [1.165, 1.54) is 0 Å². The first-order valence-electron chi connectivity index (χ1n) is 4.59. The molecule has 0 saturated heterocycles. The number of para-hydroxylation sites is 1. The van der Waals surface area contributed by atoms with Gasteiger partial charge >= 0.3 is 0 Å². The molecule has 3 heteroatoms. The third-order valence-electron chi connectivity index (χ3n) is 2.31. The number of aliphatic hydroxyl groups excluding tert-OH is 1. The van der Waals surface area contributed by atoms with E-state index in [4.69, 9.17) is 10.2 Å². The zero-order chi connectivity index (χ0) is 10.1. The van der Waals surface area contributed by atoms with E-state index in [0.29, 0.717) is 5.76 Å². The monoisotopic (exact) mass is 191 g/mol. The van der Waals surface area contributed by atoms with Gasteiger partial charge in [-0.15, -0.1) is 0 Å². The summed E-state index contributed by atoms with van der Waals surface area (Å²) in [6.07, 6.45) is -0.707. The summed E-state index contributed by atoms with van der Waals surface area (Å²) >= 11 is 0. The summed E-state index contributed by atoms with van der Waals surface area (Å²) in [6, 6.07) is 7.73. The average molecular weight is 191 g/mol. The van der Waals surface area contributed by atoms with Crippen molar-refractivity contribution in [2.24, 2.45) is 5.73 Å². The zero-order valence-corrected chi connectivity index (χ0v) is 8.03. The molecule has 0 spiro atoms. The van der Waals surface area contributed by atoms with Gasteiger partial charge in [0.15, 0.2) is 0 Å². The van der Waals surface area contributed by atoms with E-state index in [1.54, 1.807) is 0 Å². The number of rotatable bonds is 2. The molecule has 74 valence electrons. The van der Waals surface area contributed by atoms with Gasteiger partial charge in [-0.1, -0.05) is 18.2 Å². The molecule has 1 heterocycles. The summed E-state index contributed by atoms with van der Waals surface area (Å²) in [5.41, 5.74) is 7.25. The fraction of sp³-hybridized carbons (Fsp3) is 0.273. The van der Waals surface area contributed by atoms with Gasteiger partial charge < -0.3 is 15.3 Å². The lowest BCUT2D eigenvalue weighted by molar-refractivity contribution is 0.160. The summed E-state index contributed by atoms with van der Waals surface area (Å²) < 4.78 is 5.52. The van der Waals surface area contributed by atoms with Crippen LogP contribution < -0.4 is 5.73 Å². The Kier molecular flexibility index (Phi) is 2.27. The highest BCUT2D eigenvalue weighted by Crippen LogP contribution is 2.25. The largest absolute Gasteiger partial charge is 0.458 e. The van der Waals surface area contributed by atoms with Crippen molar-refractivity contribution >= 4 is 11.0 Å². The third-order valence-corrected chi connectivity index (χ3v) is 2.31. The Hall–Kier alpha value is -1.32. The van der Waals surface area contributed by atoms with Crippen LogP contribution in [0.1, 0.15) is 17.4 Å². The first kappa shape index (κ1) is 9.24. The summed E-state index contributed by atoms with van der Waals surface area (Å²) in [7, 11) is 0. The van der Waals surface area contributed by atoms with Crippen molar-refractivity contribution in [3.63, 3.8) is 0 Å². The number of hydrogen-bond donors (Lipinski definition) is 2. The predicted molar refractivity (Wildman–Crippen MR) is 55.0 cm³/mol. The second-order valence-electron chi connectivity index (χ2n) is 3.39. The van der Waals surface area contributed by atoms with Crippen molar-refractivity contribution in [2.75, 3.05) is 6.54 Å². The Labute approximate surface area is 82.1 Å². The lowest BCUT2D eigenvalue weighted by Crippen LogP contribution is -2.10. The van der Waals surface area contributed by atoms with Gasteiger partial charge in [-0.2, -0.15) is 0 Å². The molecule has 2 rings (SSSR count). The molecule has 0 aliphatic carbocycles. The molecule has 0 aliphatic heterocycles. The second kappa shape index (κ2) is 3.44. The number of hydrogen-bond acceptors (Lipinski definition) is 3. The topological polar surface area (TPSA) is 59.4 Å². The van der Waals surface area contributed by atoms with Gasteiger partial charge in [-0.05, 0) is 18.6 Å². The lowest BCUT2D eigenvalue weighted by Gasteiger charge is -2.01. The molecule has 1 unspecified atom stereocenters. The van der Waals surface area contributed by atoms with Crippen molar-refractivity contribution in [3.8, 4) is 0 Å². The van der Waals surface area contributed by atoms with Crippen LogP contribution in [-0.4, -0.2) is 11.7 Å². The van der Waals surface area contributed by atoms with E-state index in [-0.39, 0.29) is 6.54 Å². The summed E-state index contributed by atoms with van der Waals surface area (Å²) in [5, 5.41) is 10.5. The van der Waals surface area contributed by atoms with Crippen LogP contribution in [0, 0.1) is 6.92 Å². The molecule has 14 heavy (non-hydrogen) atoms. The summed E-state index contributed by atoms with van der Waals surface area (Å²) in [6.45, 7) is 2.16. The number of nitrogens with two attached hydrogens (primary N) is 1. The fourth-order valence-corrected chi connectivity index (χ4v) is 1.51. The number of aliphatic hydroxyl groups is 1. The molecule has 0 radical (unpaired) electrons. The van der Waals surface area contributed by atoms with E-state index < -0.39 is 6.10 Å². The van der Waals surface area contributed by atoms with E-state index >= 15 is 0 Å². The highest BCUT2D eigenvalue weighted by atomic mass is 16.4. The van der Waals surface area contributed by atoms with Crippen LogP contribution in [0.5, 0.6) is 0 Å². The van der Waals surface area contributed by atoms with Gasteiger partial charge in [0.1, 0.15) is 17.4 Å². The highest BCUT2D eigenvalue weighted by molar-refractivity contribution is 5.80. The van der Waals surface area contributed by atoms with E-state index in [9.17, 15) is 5.11 Å². The maximum Gasteiger partial charge on any atom is 0.137 e. The summed E-state index contributed by atoms with van der Waals surface area (Å²) in [5.74, 6) is 0.539. The van der Waals surface area contributed by atoms with E-state index in [2.05, 4.69) is 0 Å². The minimum Gasteiger partial charge on any atom is -0.458 e. The quantitative estimate of drug-likeness (QED) is 0.760. The van der Waals surface area contributed by atoms with Crippen LogP contribution in [-0.2, 0) is 0 Å². The Balaban J connectivity index is 2.56. The van der Waals surface area contributed by atoms with E-state index in [1.807, 2.05) is 31.2 Å².